The van der Waals surface area contributed by atoms with Crippen LogP contribution in [0, 0.1) is 0 Å². The molecule has 6 N–H and O–H groups in total. The molecule has 7 heteroatoms. The highest BCUT2D eigenvalue weighted by atomic mass is 32.1. The van der Waals surface area contributed by atoms with E-state index in [1.165, 1.54) is 12.1 Å². The third-order valence-electron chi connectivity index (χ3n) is 1.82. The molecule has 0 aliphatic carbocycles. The molecule has 0 saturated heterocycles. The first-order chi connectivity index (χ1) is 7.10. The molecule has 6 nitrogen and oxygen atoms in total. The van der Waals surface area contributed by atoms with E-state index in [1.807, 2.05) is 5.43 Å². The maximum Gasteiger partial charge on any atom is 0.275 e. The molecule has 0 spiro atoms. The van der Waals surface area contributed by atoms with Crippen molar-refractivity contribution in [2.24, 2.45) is 5.84 Å². The van der Waals surface area contributed by atoms with E-state index in [1.54, 1.807) is 0 Å². The summed E-state index contributed by atoms with van der Waals surface area (Å²) in [5.41, 5.74) is 1.95. The Hall–Kier alpha value is -0.990. The second kappa shape index (κ2) is 5.19. The van der Waals surface area contributed by atoms with Crippen LogP contribution in [0.1, 0.15) is 20.7 Å². The number of hydrazine groups is 1. The molecule has 0 aliphatic rings. The van der Waals surface area contributed by atoms with Crippen molar-refractivity contribution in [3.63, 3.8) is 0 Å². The van der Waals surface area contributed by atoms with Crippen molar-refractivity contribution in [3.8, 4) is 0 Å². The average molecular weight is 232 g/mol. The molecule has 1 rings (SSSR count). The number of nitrogens with one attached hydrogen (secondary N) is 1. The predicted octanol–water partition coefficient (Wildman–Crippen LogP) is -1.26. The summed E-state index contributed by atoms with van der Waals surface area (Å²) in [5, 5.41) is 27.3. The summed E-state index contributed by atoms with van der Waals surface area (Å²) in [6.07, 6.45) is -2.45. The van der Waals surface area contributed by atoms with E-state index in [9.17, 15) is 9.90 Å². The molecule has 2 unspecified atom stereocenters. The maximum absolute atomic E-state index is 11.1. The Morgan fingerprint density at radius 3 is 2.73 bits per heavy atom. The Balaban J connectivity index is 2.79. The van der Waals surface area contributed by atoms with Crippen LogP contribution in [-0.4, -0.2) is 33.9 Å². The highest BCUT2D eigenvalue weighted by molar-refractivity contribution is 7.14. The normalized spacial score (nSPS) is 14.7. The molecule has 0 fully saturated rings. The molecular formula is C8H12N2O4S. The number of carbonyl (C=O) groups is 1. The number of rotatable bonds is 4. The van der Waals surface area contributed by atoms with Crippen LogP contribution in [0.2, 0.25) is 0 Å². The van der Waals surface area contributed by atoms with Gasteiger partial charge < -0.3 is 15.3 Å². The molecule has 84 valence electrons. The molecule has 0 aliphatic heterocycles. The van der Waals surface area contributed by atoms with Gasteiger partial charge >= 0.3 is 0 Å². The van der Waals surface area contributed by atoms with Crippen LogP contribution in [0.15, 0.2) is 12.1 Å². The van der Waals surface area contributed by atoms with Gasteiger partial charge in [-0.3, -0.25) is 10.2 Å². The fraction of sp³-hybridized carbons (Fsp3) is 0.375. The van der Waals surface area contributed by atoms with Crippen molar-refractivity contribution in [3.05, 3.63) is 21.9 Å². The second-order valence-corrected chi connectivity index (χ2v) is 3.99. The smallest absolute Gasteiger partial charge is 0.275 e. The Kier molecular flexibility index (Phi) is 4.18. The van der Waals surface area contributed by atoms with E-state index in [-0.39, 0.29) is 0 Å². The van der Waals surface area contributed by atoms with Crippen molar-refractivity contribution < 1.29 is 20.1 Å². The van der Waals surface area contributed by atoms with Gasteiger partial charge in [-0.05, 0) is 12.1 Å². The lowest BCUT2D eigenvalue weighted by Gasteiger charge is -2.13. The predicted molar refractivity (Wildman–Crippen MR) is 54.0 cm³/mol. The molecule has 1 heterocycles. The summed E-state index contributed by atoms with van der Waals surface area (Å²) in [7, 11) is 0. The van der Waals surface area contributed by atoms with E-state index >= 15 is 0 Å². The molecule has 0 bridgehead atoms. The first kappa shape index (κ1) is 12.1. The van der Waals surface area contributed by atoms with Gasteiger partial charge in [0.15, 0.2) is 0 Å². The molecule has 1 aromatic rings. The fourth-order valence-electron chi connectivity index (χ4n) is 0.994. The Morgan fingerprint density at radius 2 is 2.20 bits per heavy atom. The van der Waals surface area contributed by atoms with Crippen molar-refractivity contribution in [2.45, 2.75) is 12.2 Å². The number of hydrogen-bond donors (Lipinski definition) is 5. The van der Waals surface area contributed by atoms with Gasteiger partial charge in [0.1, 0.15) is 12.2 Å². The van der Waals surface area contributed by atoms with Crippen molar-refractivity contribution in [2.75, 3.05) is 6.61 Å². The van der Waals surface area contributed by atoms with Gasteiger partial charge in [0, 0.05) is 4.88 Å². The summed E-state index contributed by atoms with van der Waals surface area (Å²) < 4.78 is 0. The van der Waals surface area contributed by atoms with Crippen LogP contribution in [0.4, 0.5) is 0 Å². The van der Waals surface area contributed by atoms with E-state index in [0.29, 0.717) is 9.75 Å². The molecule has 0 radical (unpaired) electrons. The Labute approximate surface area is 89.9 Å². The minimum Gasteiger partial charge on any atom is -0.394 e. The first-order valence-corrected chi connectivity index (χ1v) is 4.99. The summed E-state index contributed by atoms with van der Waals surface area (Å²) in [5.74, 6) is 4.47. The van der Waals surface area contributed by atoms with E-state index in [2.05, 4.69) is 0 Å². The van der Waals surface area contributed by atoms with Crippen LogP contribution in [0.25, 0.3) is 0 Å². The van der Waals surface area contributed by atoms with Gasteiger partial charge in [0.25, 0.3) is 5.91 Å². The van der Waals surface area contributed by atoms with E-state index < -0.39 is 24.7 Å². The van der Waals surface area contributed by atoms with Crippen LogP contribution >= 0.6 is 11.3 Å². The van der Waals surface area contributed by atoms with Crippen LogP contribution in [-0.2, 0) is 0 Å². The number of nitrogen functional groups attached to an aromatic ring is 1. The molecular weight excluding hydrogens is 220 g/mol. The minimum absolute atomic E-state index is 0.330. The lowest BCUT2D eigenvalue weighted by molar-refractivity contribution is -0.0135. The number of hydrogen-bond acceptors (Lipinski definition) is 6. The number of carbonyl (C=O) groups excluding carboxylic acids is 1. The highest BCUT2D eigenvalue weighted by Crippen LogP contribution is 2.25. The third-order valence-corrected chi connectivity index (χ3v) is 2.98. The van der Waals surface area contributed by atoms with Crippen molar-refractivity contribution in [1.29, 1.82) is 0 Å². The Bertz CT molecular complexity index is 341. The van der Waals surface area contributed by atoms with Crippen LogP contribution < -0.4 is 11.3 Å². The highest BCUT2D eigenvalue weighted by Gasteiger charge is 2.20. The zero-order chi connectivity index (χ0) is 11.4. The molecule has 0 aromatic carbocycles. The SMILES string of the molecule is NNC(=O)c1ccc(C(O)C(O)CO)s1. The van der Waals surface area contributed by atoms with Crippen LogP contribution in [0.5, 0.6) is 0 Å². The first-order valence-electron chi connectivity index (χ1n) is 4.17. The molecule has 1 aromatic heterocycles. The van der Waals surface area contributed by atoms with Gasteiger partial charge in [-0.25, -0.2) is 5.84 Å². The largest absolute Gasteiger partial charge is 0.394 e. The maximum atomic E-state index is 11.1. The average Bonchev–Trinajstić information content (AvgIpc) is 2.75. The zero-order valence-corrected chi connectivity index (χ0v) is 8.57. The lowest BCUT2D eigenvalue weighted by Crippen LogP contribution is -2.29. The van der Waals surface area contributed by atoms with E-state index in [0.717, 1.165) is 11.3 Å². The van der Waals surface area contributed by atoms with Gasteiger partial charge in [0.05, 0.1) is 11.5 Å². The summed E-state index contributed by atoms with van der Waals surface area (Å²) in [4.78, 5) is 11.8. The van der Waals surface area contributed by atoms with Crippen molar-refractivity contribution >= 4 is 17.2 Å². The minimum atomic E-state index is -1.25. The molecule has 15 heavy (non-hydrogen) atoms. The second-order valence-electron chi connectivity index (χ2n) is 2.87. The zero-order valence-electron chi connectivity index (χ0n) is 7.75. The number of thiophene rings is 1. The van der Waals surface area contributed by atoms with Crippen molar-refractivity contribution in [1.82, 2.24) is 5.43 Å². The van der Waals surface area contributed by atoms with E-state index in [4.69, 9.17) is 16.1 Å². The number of nitrogens with two attached hydrogens (primary N) is 1. The summed E-state index contributed by atoms with van der Waals surface area (Å²) in [6.45, 7) is -0.544. The molecule has 0 saturated carbocycles. The van der Waals surface area contributed by atoms with Gasteiger partial charge in [-0.15, -0.1) is 11.3 Å². The standard InChI is InChI=1S/C8H12N2O4S/c9-10-8(14)6-2-1-5(15-6)7(13)4(12)3-11/h1-2,4,7,11-13H,3,9H2,(H,10,14). The van der Waals surface area contributed by atoms with Crippen LogP contribution in [0.3, 0.4) is 0 Å². The summed E-state index contributed by atoms with van der Waals surface area (Å²) >= 11 is 1.00. The molecule has 1 amide bonds. The lowest BCUT2D eigenvalue weighted by atomic mass is 10.2. The monoisotopic (exact) mass is 232 g/mol. The number of aliphatic hydroxyl groups is 3. The fourth-order valence-corrected chi connectivity index (χ4v) is 1.95. The number of aliphatic hydroxyl groups excluding tert-OH is 3. The topological polar surface area (TPSA) is 116 Å². The third kappa shape index (κ3) is 2.74. The number of amides is 1. The molecule has 2 atom stereocenters. The Morgan fingerprint density at radius 1 is 1.53 bits per heavy atom. The van der Waals surface area contributed by atoms with Gasteiger partial charge in [0.2, 0.25) is 0 Å². The van der Waals surface area contributed by atoms with Gasteiger partial charge in [-0.2, -0.15) is 0 Å². The van der Waals surface area contributed by atoms with Gasteiger partial charge in [-0.1, -0.05) is 0 Å². The summed E-state index contributed by atoms with van der Waals surface area (Å²) in [6, 6.07) is 2.98. The quantitative estimate of drug-likeness (QED) is 0.252.